The maximum absolute atomic E-state index is 5.84. The molecule has 1 heteroatoms. The van der Waals surface area contributed by atoms with E-state index in [1.807, 2.05) is 6.07 Å². The van der Waals surface area contributed by atoms with Crippen LogP contribution in [0.3, 0.4) is 0 Å². The Morgan fingerprint density at radius 1 is 1.25 bits per heavy atom. The van der Waals surface area contributed by atoms with Crippen molar-refractivity contribution in [3.05, 3.63) is 29.8 Å². The second-order valence-corrected chi connectivity index (χ2v) is 4.54. The van der Waals surface area contributed by atoms with Gasteiger partial charge in [0, 0.05) is 0 Å². The zero-order valence-electron chi connectivity index (χ0n) is 10.8. The van der Waals surface area contributed by atoms with Crippen LogP contribution in [0, 0.1) is 12.8 Å². The first-order valence-electron chi connectivity index (χ1n) is 6.45. The Morgan fingerprint density at radius 2 is 2.06 bits per heavy atom. The predicted octanol–water partition coefficient (Wildman–Crippen LogP) is 4.59. The molecule has 0 saturated heterocycles. The lowest BCUT2D eigenvalue weighted by atomic mass is 10.0. The molecule has 0 aliphatic heterocycles. The van der Waals surface area contributed by atoms with Crippen molar-refractivity contribution in [3.8, 4) is 5.75 Å². The maximum atomic E-state index is 5.84. The summed E-state index contributed by atoms with van der Waals surface area (Å²) in [6.45, 7) is 7.45. The van der Waals surface area contributed by atoms with Crippen LogP contribution >= 0.6 is 0 Å². The summed E-state index contributed by atoms with van der Waals surface area (Å²) in [5.41, 5.74) is 1.26. The highest BCUT2D eigenvalue weighted by Crippen LogP contribution is 2.17. The van der Waals surface area contributed by atoms with Crippen molar-refractivity contribution in [2.45, 2.75) is 46.5 Å². The molecule has 1 rings (SSSR count). The van der Waals surface area contributed by atoms with Crippen LogP contribution < -0.4 is 4.74 Å². The van der Waals surface area contributed by atoms with Crippen molar-refractivity contribution in [2.24, 2.45) is 5.92 Å². The molecule has 16 heavy (non-hydrogen) atoms. The fraction of sp³-hybridized carbons (Fsp3) is 0.600. The number of benzene rings is 1. The normalized spacial score (nSPS) is 12.4. The number of rotatable bonds is 7. The van der Waals surface area contributed by atoms with E-state index in [1.165, 1.54) is 31.2 Å². The van der Waals surface area contributed by atoms with Gasteiger partial charge in [0.2, 0.25) is 0 Å². The SMILES string of the molecule is CCCCC(CC)COc1cccc(C)c1. The quantitative estimate of drug-likeness (QED) is 0.653. The summed E-state index contributed by atoms with van der Waals surface area (Å²) in [7, 11) is 0. The first-order valence-corrected chi connectivity index (χ1v) is 6.45. The summed E-state index contributed by atoms with van der Waals surface area (Å²) in [4.78, 5) is 0. The molecule has 90 valence electrons. The van der Waals surface area contributed by atoms with Gasteiger partial charge in [0.25, 0.3) is 0 Å². The Hall–Kier alpha value is -0.980. The Bertz CT molecular complexity index is 293. The van der Waals surface area contributed by atoms with Crippen LogP contribution in [0.15, 0.2) is 24.3 Å². The highest BCUT2D eigenvalue weighted by Gasteiger charge is 2.06. The minimum absolute atomic E-state index is 0.709. The van der Waals surface area contributed by atoms with Gasteiger partial charge in [-0.15, -0.1) is 0 Å². The summed E-state index contributed by atoms with van der Waals surface area (Å²) in [6, 6.07) is 8.30. The van der Waals surface area contributed by atoms with Crippen molar-refractivity contribution in [3.63, 3.8) is 0 Å². The molecule has 0 amide bonds. The van der Waals surface area contributed by atoms with E-state index in [2.05, 4.69) is 39.0 Å². The molecule has 1 nitrogen and oxygen atoms in total. The maximum Gasteiger partial charge on any atom is 0.119 e. The Kier molecular flexibility index (Phi) is 5.99. The summed E-state index contributed by atoms with van der Waals surface area (Å²) >= 11 is 0. The number of aryl methyl sites for hydroxylation is 1. The largest absolute Gasteiger partial charge is 0.493 e. The second kappa shape index (κ2) is 7.32. The van der Waals surface area contributed by atoms with Crippen molar-refractivity contribution in [1.29, 1.82) is 0 Å². The molecule has 0 saturated carbocycles. The standard InChI is InChI=1S/C15H24O/c1-4-6-9-14(5-2)12-16-15-10-7-8-13(3)11-15/h7-8,10-11,14H,4-6,9,12H2,1-3H3. The van der Waals surface area contributed by atoms with E-state index in [0.717, 1.165) is 12.4 Å². The van der Waals surface area contributed by atoms with Gasteiger partial charge in [0.15, 0.2) is 0 Å². The number of hydrogen-bond acceptors (Lipinski definition) is 1. The topological polar surface area (TPSA) is 9.23 Å². The minimum atomic E-state index is 0.709. The van der Waals surface area contributed by atoms with E-state index in [-0.39, 0.29) is 0 Å². The molecule has 1 unspecified atom stereocenters. The van der Waals surface area contributed by atoms with Crippen LogP contribution in [0.4, 0.5) is 0 Å². The summed E-state index contributed by atoms with van der Waals surface area (Å²) in [5, 5.41) is 0. The van der Waals surface area contributed by atoms with Crippen molar-refractivity contribution < 1.29 is 4.74 Å². The molecule has 0 N–H and O–H groups in total. The molecular formula is C15H24O. The van der Waals surface area contributed by atoms with Gasteiger partial charge in [-0.2, -0.15) is 0 Å². The molecule has 0 aliphatic carbocycles. The number of hydrogen-bond donors (Lipinski definition) is 0. The molecule has 0 bridgehead atoms. The van der Waals surface area contributed by atoms with Gasteiger partial charge in [-0.25, -0.2) is 0 Å². The highest BCUT2D eigenvalue weighted by atomic mass is 16.5. The molecule has 0 fully saturated rings. The molecule has 0 spiro atoms. The lowest BCUT2D eigenvalue weighted by Gasteiger charge is -2.15. The molecule has 0 aromatic heterocycles. The van der Waals surface area contributed by atoms with Gasteiger partial charge in [-0.05, 0) is 37.0 Å². The summed E-state index contributed by atoms with van der Waals surface area (Å²) in [6.07, 6.45) is 5.10. The van der Waals surface area contributed by atoms with Gasteiger partial charge in [-0.3, -0.25) is 0 Å². The third-order valence-electron chi connectivity index (χ3n) is 3.02. The Balaban J connectivity index is 2.37. The molecular weight excluding hydrogens is 196 g/mol. The van der Waals surface area contributed by atoms with E-state index in [1.54, 1.807) is 0 Å². The number of ether oxygens (including phenoxy) is 1. The van der Waals surface area contributed by atoms with Gasteiger partial charge in [-0.1, -0.05) is 45.2 Å². The van der Waals surface area contributed by atoms with Gasteiger partial charge in [0.05, 0.1) is 6.61 Å². The monoisotopic (exact) mass is 220 g/mol. The lowest BCUT2D eigenvalue weighted by molar-refractivity contribution is 0.233. The molecule has 0 radical (unpaired) electrons. The van der Waals surface area contributed by atoms with Crippen LogP contribution in [0.2, 0.25) is 0 Å². The Labute approximate surface area is 99.8 Å². The highest BCUT2D eigenvalue weighted by molar-refractivity contribution is 5.27. The molecule has 0 heterocycles. The minimum Gasteiger partial charge on any atom is -0.493 e. The second-order valence-electron chi connectivity index (χ2n) is 4.54. The zero-order chi connectivity index (χ0) is 11.8. The van der Waals surface area contributed by atoms with Gasteiger partial charge >= 0.3 is 0 Å². The fourth-order valence-corrected chi connectivity index (χ4v) is 1.82. The van der Waals surface area contributed by atoms with Crippen LogP contribution in [0.1, 0.15) is 45.1 Å². The van der Waals surface area contributed by atoms with Crippen molar-refractivity contribution in [2.75, 3.05) is 6.61 Å². The van der Waals surface area contributed by atoms with E-state index in [9.17, 15) is 0 Å². The van der Waals surface area contributed by atoms with Crippen LogP contribution in [0.25, 0.3) is 0 Å². The summed E-state index contributed by atoms with van der Waals surface area (Å²) < 4.78 is 5.84. The lowest BCUT2D eigenvalue weighted by Crippen LogP contribution is -2.11. The van der Waals surface area contributed by atoms with Crippen molar-refractivity contribution in [1.82, 2.24) is 0 Å². The first-order chi connectivity index (χ1) is 7.76. The van der Waals surface area contributed by atoms with Gasteiger partial charge < -0.3 is 4.74 Å². The predicted molar refractivity (Wildman–Crippen MR) is 70.0 cm³/mol. The third kappa shape index (κ3) is 4.69. The fourth-order valence-electron chi connectivity index (χ4n) is 1.82. The average molecular weight is 220 g/mol. The molecule has 1 aromatic carbocycles. The van der Waals surface area contributed by atoms with E-state index >= 15 is 0 Å². The average Bonchev–Trinajstić information content (AvgIpc) is 2.29. The first kappa shape index (κ1) is 13.1. The zero-order valence-corrected chi connectivity index (χ0v) is 10.8. The van der Waals surface area contributed by atoms with E-state index in [4.69, 9.17) is 4.74 Å². The van der Waals surface area contributed by atoms with Gasteiger partial charge in [0.1, 0.15) is 5.75 Å². The third-order valence-corrected chi connectivity index (χ3v) is 3.02. The van der Waals surface area contributed by atoms with Crippen molar-refractivity contribution >= 4 is 0 Å². The molecule has 1 aromatic rings. The molecule has 0 aliphatic rings. The summed E-state index contributed by atoms with van der Waals surface area (Å²) in [5.74, 6) is 1.72. The van der Waals surface area contributed by atoms with E-state index in [0.29, 0.717) is 5.92 Å². The van der Waals surface area contributed by atoms with E-state index < -0.39 is 0 Å². The molecule has 1 atom stereocenters. The van der Waals surface area contributed by atoms with Crippen LogP contribution in [-0.4, -0.2) is 6.61 Å². The van der Waals surface area contributed by atoms with Crippen LogP contribution in [-0.2, 0) is 0 Å². The van der Waals surface area contributed by atoms with Crippen LogP contribution in [0.5, 0.6) is 5.75 Å². The number of unbranched alkanes of at least 4 members (excludes halogenated alkanes) is 1. The Morgan fingerprint density at radius 3 is 2.69 bits per heavy atom. The smallest absolute Gasteiger partial charge is 0.119 e.